The van der Waals surface area contributed by atoms with E-state index >= 15 is 0 Å². The molecule has 0 aromatic heterocycles. The summed E-state index contributed by atoms with van der Waals surface area (Å²) < 4.78 is 4.62. The molecule has 0 aliphatic rings. The van der Waals surface area contributed by atoms with Gasteiger partial charge in [-0.25, -0.2) is 0 Å². The summed E-state index contributed by atoms with van der Waals surface area (Å²) in [6.07, 6.45) is 31.0. The van der Waals surface area contributed by atoms with Crippen LogP contribution in [0.3, 0.4) is 0 Å². The Bertz CT molecular complexity index is 625. The number of ether oxygens (including phenoxy) is 1. The maximum atomic E-state index is 11.0. The first kappa shape index (κ1) is 46.0. The maximum absolute atomic E-state index is 11.0. The maximum Gasteiger partial charge on any atom is 0.305 e. The predicted octanol–water partition coefficient (Wildman–Crippen LogP) is 11.2. The minimum Gasteiger partial charge on any atom is -0.481 e. The van der Waals surface area contributed by atoms with Gasteiger partial charge in [0.2, 0.25) is 0 Å². The highest BCUT2D eigenvalue weighted by molar-refractivity contribution is 5.69. The van der Waals surface area contributed by atoms with Crippen molar-refractivity contribution < 1.29 is 29.6 Å². The van der Waals surface area contributed by atoms with Crippen LogP contribution < -0.4 is 0 Å². The third-order valence-electron chi connectivity index (χ3n) is 9.34. The van der Waals surface area contributed by atoms with Crippen molar-refractivity contribution in [3.8, 4) is 0 Å². The standard InChI is InChI=1S/C20H40O3.C19H38O3/c1-4-5-6-7-9-12-15-18(2)19(21)16-13-10-8-11-14-17-20(22)23-3;1-3-4-5-6-8-11-14-17(2)18(20)15-12-9-7-10-13-16-19(21)22/h18-19,21H,4-17H2,1-3H3;17-18,20H,3-16H2,1-2H3,(H,21,22). The molecule has 4 unspecified atom stereocenters. The first-order chi connectivity index (χ1) is 21.7. The Morgan fingerprint density at radius 3 is 1.16 bits per heavy atom. The molecular weight excluding hydrogens is 564 g/mol. The number of hydrogen-bond acceptors (Lipinski definition) is 5. The van der Waals surface area contributed by atoms with E-state index < -0.39 is 5.97 Å². The molecule has 0 aromatic rings. The summed E-state index contributed by atoms with van der Waals surface area (Å²) >= 11 is 0. The van der Waals surface area contributed by atoms with Gasteiger partial charge in [0.25, 0.3) is 0 Å². The van der Waals surface area contributed by atoms with Gasteiger partial charge in [-0.05, 0) is 50.4 Å². The second kappa shape index (κ2) is 35.7. The average Bonchev–Trinajstić information content (AvgIpc) is 3.02. The SMILES string of the molecule is CCCCCCCCC(C)C(O)CCCCCCCC(=O)O.CCCCCCCCC(C)C(O)CCCCCCCC(=O)OC. The number of aliphatic hydroxyl groups is 2. The third-order valence-corrected chi connectivity index (χ3v) is 9.34. The van der Waals surface area contributed by atoms with Gasteiger partial charge in [-0.1, -0.05) is 156 Å². The number of hydrogen-bond donors (Lipinski definition) is 3. The van der Waals surface area contributed by atoms with Crippen LogP contribution >= 0.6 is 0 Å². The van der Waals surface area contributed by atoms with E-state index in [1.165, 1.54) is 84.2 Å². The lowest BCUT2D eigenvalue weighted by atomic mass is 9.93. The number of carbonyl (C=O) groups is 2. The molecule has 3 N–H and O–H groups in total. The lowest BCUT2D eigenvalue weighted by Crippen LogP contribution is -2.17. The van der Waals surface area contributed by atoms with Crippen LogP contribution in [0.2, 0.25) is 0 Å². The summed E-state index contributed by atoms with van der Waals surface area (Å²) in [5.41, 5.74) is 0. The largest absolute Gasteiger partial charge is 0.481 e. The number of esters is 1. The molecular formula is C39H78O6. The molecule has 6 heteroatoms. The lowest BCUT2D eigenvalue weighted by molar-refractivity contribution is -0.141. The van der Waals surface area contributed by atoms with Crippen LogP contribution in [-0.2, 0) is 14.3 Å². The number of methoxy groups -OCH3 is 1. The zero-order valence-electron chi connectivity index (χ0n) is 30.7. The van der Waals surface area contributed by atoms with Gasteiger partial charge in [-0.2, -0.15) is 0 Å². The molecule has 0 bridgehead atoms. The van der Waals surface area contributed by atoms with Crippen LogP contribution in [0.25, 0.3) is 0 Å². The van der Waals surface area contributed by atoms with Crippen molar-refractivity contribution in [1.29, 1.82) is 0 Å². The first-order valence-corrected chi connectivity index (χ1v) is 19.3. The smallest absolute Gasteiger partial charge is 0.305 e. The number of aliphatic hydroxyl groups excluding tert-OH is 2. The Balaban J connectivity index is 0. The summed E-state index contributed by atoms with van der Waals surface area (Å²) in [5, 5.41) is 28.9. The van der Waals surface area contributed by atoms with Crippen molar-refractivity contribution >= 4 is 11.9 Å². The fourth-order valence-corrected chi connectivity index (χ4v) is 5.86. The molecule has 0 radical (unpaired) electrons. The molecule has 0 aliphatic carbocycles. The van der Waals surface area contributed by atoms with Crippen LogP contribution in [0.4, 0.5) is 0 Å². The molecule has 0 aromatic carbocycles. The van der Waals surface area contributed by atoms with Gasteiger partial charge in [0.1, 0.15) is 0 Å². The minimum atomic E-state index is -0.695. The molecule has 0 aliphatic heterocycles. The van der Waals surface area contributed by atoms with Gasteiger partial charge < -0.3 is 20.1 Å². The highest BCUT2D eigenvalue weighted by atomic mass is 16.5. The van der Waals surface area contributed by atoms with E-state index in [2.05, 4.69) is 32.4 Å². The van der Waals surface area contributed by atoms with Gasteiger partial charge in [0.15, 0.2) is 0 Å². The molecule has 0 rings (SSSR count). The molecule has 270 valence electrons. The number of rotatable bonds is 32. The number of aliphatic carboxylic acids is 1. The lowest BCUT2D eigenvalue weighted by Gasteiger charge is -2.18. The molecule has 0 fully saturated rings. The predicted molar refractivity (Wildman–Crippen MR) is 191 cm³/mol. The van der Waals surface area contributed by atoms with Gasteiger partial charge in [0.05, 0.1) is 19.3 Å². The van der Waals surface area contributed by atoms with E-state index in [1.54, 1.807) is 0 Å². The van der Waals surface area contributed by atoms with Crippen LogP contribution in [0.1, 0.15) is 207 Å². The van der Waals surface area contributed by atoms with Gasteiger partial charge in [0, 0.05) is 12.8 Å². The summed E-state index contributed by atoms with van der Waals surface area (Å²) in [6, 6.07) is 0. The second-order valence-electron chi connectivity index (χ2n) is 13.8. The van der Waals surface area contributed by atoms with Crippen LogP contribution in [0.5, 0.6) is 0 Å². The fraction of sp³-hybridized carbons (Fsp3) is 0.949. The molecule has 0 spiro atoms. The van der Waals surface area contributed by atoms with Crippen LogP contribution in [-0.4, -0.2) is 46.6 Å². The number of carboxylic acid groups (broad SMARTS) is 1. The summed E-state index contributed by atoms with van der Waals surface area (Å²) in [6.45, 7) is 8.85. The van der Waals surface area contributed by atoms with Crippen molar-refractivity contribution in [3.63, 3.8) is 0 Å². The zero-order chi connectivity index (χ0) is 34.0. The van der Waals surface area contributed by atoms with Crippen molar-refractivity contribution in [2.75, 3.05) is 7.11 Å². The summed E-state index contributed by atoms with van der Waals surface area (Å²) in [7, 11) is 1.44. The van der Waals surface area contributed by atoms with E-state index in [0.717, 1.165) is 89.9 Å². The molecule has 45 heavy (non-hydrogen) atoms. The highest BCUT2D eigenvalue weighted by Gasteiger charge is 2.14. The Kier molecular flexibility index (Phi) is 36.5. The minimum absolute atomic E-state index is 0.107. The van der Waals surface area contributed by atoms with Crippen molar-refractivity contribution in [2.24, 2.45) is 11.8 Å². The Morgan fingerprint density at radius 1 is 0.489 bits per heavy atom. The average molecular weight is 643 g/mol. The molecule has 0 amide bonds. The van der Waals surface area contributed by atoms with Crippen molar-refractivity contribution in [1.82, 2.24) is 0 Å². The number of unbranched alkanes of at least 4 members (excludes halogenated alkanes) is 18. The van der Waals surface area contributed by atoms with E-state index in [4.69, 9.17) is 5.11 Å². The quantitative estimate of drug-likeness (QED) is 0.0498. The van der Waals surface area contributed by atoms with E-state index in [-0.39, 0.29) is 24.6 Å². The highest BCUT2D eigenvalue weighted by Crippen LogP contribution is 2.21. The van der Waals surface area contributed by atoms with Crippen molar-refractivity contribution in [3.05, 3.63) is 0 Å². The number of carbonyl (C=O) groups excluding carboxylic acids is 1. The molecule has 6 nitrogen and oxygen atoms in total. The van der Waals surface area contributed by atoms with E-state index in [0.29, 0.717) is 18.3 Å². The monoisotopic (exact) mass is 643 g/mol. The van der Waals surface area contributed by atoms with Crippen LogP contribution in [0, 0.1) is 11.8 Å². The van der Waals surface area contributed by atoms with Crippen molar-refractivity contribution in [2.45, 2.75) is 220 Å². The molecule has 0 saturated carbocycles. The first-order valence-electron chi connectivity index (χ1n) is 19.3. The Hall–Kier alpha value is -1.14. The molecule has 4 atom stereocenters. The third kappa shape index (κ3) is 35.6. The topological polar surface area (TPSA) is 104 Å². The Morgan fingerprint density at radius 2 is 0.800 bits per heavy atom. The Labute approximate surface area is 279 Å². The van der Waals surface area contributed by atoms with Gasteiger partial charge in [-0.3, -0.25) is 9.59 Å². The van der Waals surface area contributed by atoms with Gasteiger partial charge in [-0.15, -0.1) is 0 Å². The number of carboxylic acids is 1. The normalized spacial score (nSPS) is 13.8. The fourth-order valence-electron chi connectivity index (χ4n) is 5.86. The molecule has 0 heterocycles. The van der Waals surface area contributed by atoms with E-state index in [9.17, 15) is 19.8 Å². The summed E-state index contributed by atoms with van der Waals surface area (Å²) in [4.78, 5) is 21.3. The van der Waals surface area contributed by atoms with Crippen LogP contribution in [0.15, 0.2) is 0 Å². The van der Waals surface area contributed by atoms with E-state index in [1.807, 2.05) is 0 Å². The van der Waals surface area contributed by atoms with Gasteiger partial charge >= 0.3 is 11.9 Å². The molecule has 0 saturated heterocycles. The zero-order valence-corrected chi connectivity index (χ0v) is 30.7. The second-order valence-corrected chi connectivity index (χ2v) is 13.8. The summed E-state index contributed by atoms with van der Waals surface area (Å²) in [5.74, 6) is 0.0431.